The van der Waals surface area contributed by atoms with E-state index in [1.807, 2.05) is 6.92 Å². The number of nitrogens with zero attached hydrogens (tertiary/aromatic N) is 1. The smallest absolute Gasteiger partial charge is 0.255 e. The summed E-state index contributed by atoms with van der Waals surface area (Å²) in [5, 5.41) is 0. The van der Waals surface area contributed by atoms with Gasteiger partial charge in [0, 0.05) is 30.8 Å². The molecule has 1 aromatic heterocycles. The Labute approximate surface area is 80.9 Å². The number of alkyl halides is 2. The molecule has 0 radical (unpaired) electrons. The molecule has 1 fully saturated rings. The minimum atomic E-state index is -2.52. The minimum Gasteiger partial charge on any atom is -0.490 e. The van der Waals surface area contributed by atoms with Gasteiger partial charge in [0.05, 0.1) is 0 Å². The summed E-state index contributed by atoms with van der Waals surface area (Å²) in [5.41, 5.74) is 0.827. The molecule has 1 heterocycles. The van der Waals surface area contributed by atoms with E-state index in [2.05, 4.69) is 4.98 Å². The molecule has 0 unspecified atom stereocenters. The van der Waals surface area contributed by atoms with Crippen LogP contribution >= 0.6 is 0 Å². The number of hydrogen-bond donors (Lipinski definition) is 0. The second kappa shape index (κ2) is 3.19. The fourth-order valence-electron chi connectivity index (χ4n) is 1.48. The van der Waals surface area contributed by atoms with Crippen LogP contribution in [0.2, 0.25) is 0 Å². The number of hydrogen-bond acceptors (Lipinski definition) is 2. The highest BCUT2D eigenvalue weighted by Gasteiger charge is 2.46. The Morgan fingerprint density at radius 1 is 1.50 bits per heavy atom. The second-order valence-electron chi connectivity index (χ2n) is 3.64. The lowest BCUT2D eigenvalue weighted by molar-refractivity contribution is -0.134. The molecule has 0 saturated heterocycles. The first kappa shape index (κ1) is 9.37. The monoisotopic (exact) mass is 199 g/mol. The highest BCUT2D eigenvalue weighted by molar-refractivity contribution is 5.22. The van der Waals surface area contributed by atoms with E-state index in [0.29, 0.717) is 5.75 Å². The molecule has 1 saturated carbocycles. The summed E-state index contributed by atoms with van der Waals surface area (Å²) < 4.78 is 30.3. The number of aryl methyl sites for hydroxylation is 1. The van der Waals surface area contributed by atoms with Gasteiger partial charge in [-0.25, -0.2) is 8.78 Å². The van der Waals surface area contributed by atoms with Gasteiger partial charge in [-0.2, -0.15) is 0 Å². The molecule has 2 rings (SSSR count). The number of aromatic nitrogens is 1. The number of pyridine rings is 1. The third-order valence-electron chi connectivity index (χ3n) is 2.22. The van der Waals surface area contributed by atoms with E-state index in [1.54, 1.807) is 18.3 Å². The average Bonchev–Trinajstić information content (AvgIpc) is 2.00. The zero-order valence-corrected chi connectivity index (χ0v) is 7.84. The summed E-state index contributed by atoms with van der Waals surface area (Å²) in [7, 11) is 0. The molecular weight excluding hydrogens is 188 g/mol. The van der Waals surface area contributed by atoms with Gasteiger partial charge < -0.3 is 4.74 Å². The predicted octanol–water partition coefficient (Wildman–Crippen LogP) is 2.57. The highest BCUT2D eigenvalue weighted by atomic mass is 19.3. The van der Waals surface area contributed by atoms with Gasteiger partial charge in [-0.15, -0.1) is 0 Å². The first-order valence-corrected chi connectivity index (χ1v) is 4.52. The summed E-state index contributed by atoms with van der Waals surface area (Å²) in [6.45, 7) is 1.84. The second-order valence-corrected chi connectivity index (χ2v) is 3.64. The van der Waals surface area contributed by atoms with E-state index in [0.717, 1.165) is 5.69 Å². The van der Waals surface area contributed by atoms with Crippen LogP contribution < -0.4 is 4.74 Å². The summed E-state index contributed by atoms with van der Waals surface area (Å²) in [6.07, 6.45) is 0.927. The van der Waals surface area contributed by atoms with Crippen molar-refractivity contribution in [2.75, 3.05) is 0 Å². The van der Waals surface area contributed by atoms with Crippen LogP contribution in [0.1, 0.15) is 18.5 Å². The minimum absolute atomic E-state index is 0.172. The van der Waals surface area contributed by atoms with E-state index < -0.39 is 5.92 Å². The molecule has 76 valence electrons. The van der Waals surface area contributed by atoms with E-state index in [-0.39, 0.29) is 18.9 Å². The van der Waals surface area contributed by atoms with Crippen LogP contribution in [0.4, 0.5) is 8.78 Å². The standard InChI is InChI=1S/C10H11F2NO/c1-7-4-8(2-3-13-7)14-9-5-10(11,12)6-9/h2-4,9H,5-6H2,1H3. The van der Waals surface area contributed by atoms with Crippen molar-refractivity contribution in [3.8, 4) is 5.75 Å². The molecule has 2 nitrogen and oxygen atoms in total. The molecule has 1 aromatic rings. The van der Waals surface area contributed by atoms with Gasteiger partial charge in [0.2, 0.25) is 0 Å². The first-order valence-electron chi connectivity index (χ1n) is 4.52. The van der Waals surface area contributed by atoms with Crippen LogP contribution in [0.3, 0.4) is 0 Å². The summed E-state index contributed by atoms with van der Waals surface area (Å²) in [4.78, 5) is 3.99. The first-order chi connectivity index (χ1) is 6.55. The van der Waals surface area contributed by atoms with Crippen LogP contribution in [0.15, 0.2) is 18.3 Å². The summed E-state index contributed by atoms with van der Waals surface area (Å²) >= 11 is 0. The highest BCUT2D eigenvalue weighted by Crippen LogP contribution is 2.39. The maximum absolute atomic E-state index is 12.5. The zero-order chi connectivity index (χ0) is 10.2. The van der Waals surface area contributed by atoms with Crippen LogP contribution in [-0.4, -0.2) is 17.0 Å². The molecule has 0 aromatic carbocycles. The van der Waals surface area contributed by atoms with Gasteiger partial charge in [-0.1, -0.05) is 0 Å². The molecule has 0 N–H and O–H groups in total. The molecule has 0 spiro atoms. The molecular formula is C10H11F2NO. The molecule has 0 bridgehead atoms. The zero-order valence-electron chi connectivity index (χ0n) is 7.84. The van der Waals surface area contributed by atoms with Crippen molar-refractivity contribution < 1.29 is 13.5 Å². The molecule has 0 aliphatic heterocycles. The molecule has 1 aliphatic carbocycles. The molecule has 0 amide bonds. The fraction of sp³-hybridized carbons (Fsp3) is 0.500. The summed E-state index contributed by atoms with van der Waals surface area (Å²) in [5.74, 6) is -1.90. The fourth-order valence-corrected chi connectivity index (χ4v) is 1.48. The normalized spacial score (nSPS) is 20.2. The third-order valence-corrected chi connectivity index (χ3v) is 2.22. The Morgan fingerprint density at radius 3 is 2.79 bits per heavy atom. The lowest BCUT2D eigenvalue weighted by Gasteiger charge is -2.34. The van der Waals surface area contributed by atoms with Crippen molar-refractivity contribution in [1.29, 1.82) is 0 Å². The average molecular weight is 199 g/mol. The van der Waals surface area contributed by atoms with Crippen molar-refractivity contribution in [2.24, 2.45) is 0 Å². The predicted molar refractivity (Wildman–Crippen MR) is 47.6 cm³/mol. The van der Waals surface area contributed by atoms with Crippen LogP contribution in [0.25, 0.3) is 0 Å². The maximum atomic E-state index is 12.5. The Hall–Kier alpha value is -1.19. The topological polar surface area (TPSA) is 22.1 Å². The van der Waals surface area contributed by atoms with Gasteiger partial charge in [0.1, 0.15) is 11.9 Å². The number of ether oxygens (including phenoxy) is 1. The Morgan fingerprint density at radius 2 is 2.21 bits per heavy atom. The third kappa shape index (κ3) is 2.00. The number of rotatable bonds is 2. The molecule has 4 heteroatoms. The van der Waals surface area contributed by atoms with Gasteiger partial charge in [-0.3, -0.25) is 4.98 Å². The quantitative estimate of drug-likeness (QED) is 0.730. The van der Waals surface area contributed by atoms with Gasteiger partial charge in [-0.05, 0) is 13.0 Å². The van der Waals surface area contributed by atoms with Crippen molar-refractivity contribution in [1.82, 2.24) is 4.98 Å². The van der Waals surface area contributed by atoms with Crippen molar-refractivity contribution in [2.45, 2.75) is 31.8 Å². The van der Waals surface area contributed by atoms with Crippen molar-refractivity contribution in [3.63, 3.8) is 0 Å². The largest absolute Gasteiger partial charge is 0.490 e. The Bertz CT molecular complexity index is 333. The van der Waals surface area contributed by atoms with E-state index in [4.69, 9.17) is 4.74 Å². The molecule has 0 atom stereocenters. The van der Waals surface area contributed by atoms with Gasteiger partial charge in [0.15, 0.2) is 0 Å². The van der Waals surface area contributed by atoms with Crippen LogP contribution in [0, 0.1) is 6.92 Å². The Kier molecular flexibility index (Phi) is 2.13. The Balaban J connectivity index is 1.93. The summed E-state index contributed by atoms with van der Waals surface area (Å²) in [6, 6.07) is 3.43. The number of halogens is 2. The molecule has 14 heavy (non-hydrogen) atoms. The lowest BCUT2D eigenvalue weighted by Crippen LogP contribution is -2.43. The van der Waals surface area contributed by atoms with Crippen molar-refractivity contribution >= 4 is 0 Å². The maximum Gasteiger partial charge on any atom is 0.255 e. The van der Waals surface area contributed by atoms with Gasteiger partial charge in [0.25, 0.3) is 5.92 Å². The van der Waals surface area contributed by atoms with Crippen LogP contribution in [-0.2, 0) is 0 Å². The van der Waals surface area contributed by atoms with E-state index in [1.165, 1.54) is 0 Å². The molecule has 1 aliphatic rings. The lowest BCUT2D eigenvalue weighted by atomic mass is 9.91. The van der Waals surface area contributed by atoms with Crippen molar-refractivity contribution in [3.05, 3.63) is 24.0 Å². The SMILES string of the molecule is Cc1cc(OC2CC(F)(F)C2)ccn1. The van der Waals surface area contributed by atoms with E-state index in [9.17, 15) is 8.78 Å². The van der Waals surface area contributed by atoms with Gasteiger partial charge >= 0.3 is 0 Å². The van der Waals surface area contributed by atoms with E-state index >= 15 is 0 Å². The van der Waals surface area contributed by atoms with Crippen LogP contribution in [0.5, 0.6) is 5.75 Å².